The van der Waals surface area contributed by atoms with Crippen molar-refractivity contribution < 1.29 is 9.53 Å². The molecule has 0 radical (unpaired) electrons. The maximum absolute atomic E-state index is 12.6. The Morgan fingerprint density at radius 3 is 2.12 bits per heavy atom. The van der Waals surface area contributed by atoms with Crippen molar-refractivity contribution in [2.75, 3.05) is 31.1 Å². The van der Waals surface area contributed by atoms with Gasteiger partial charge in [0.25, 0.3) is 5.91 Å². The van der Waals surface area contributed by atoms with Crippen molar-refractivity contribution in [2.24, 2.45) is 0 Å². The predicted molar refractivity (Wildman–Crippen MR) is 96.8 cm³/mol. The van der Waals surface area contributed by atoms with Gasteiger partial charge in [0.05, 0.1) is 6.10 Å². The van der Waals surface area contributed by atoms with E-state index >= 15 is 0 Å². The summed E-state index contributed by atoms with van der Waals surface area (Å²) in [5, 5.41) is 0. The molecular weight excluding hydrogens is 300 g/mol. The number of piperazine rings is 1. The van der Waals surface area contributed by atoms with Gasteiger partial charge in [0.15, 0.2) is 0 Å². The fourth-order valence-electron chi connectivity index (χ4n) is 2.94. The van der Waals surface area contributed by atoms with Crippen LogP contribution in [0.4, 0.5) is 5.69 Å². The van der Waals surface area contributed by atoms with Gasteiger partial charge in [0.2, 0.25) is 0 Å². The van der Waals surface area contributed by atoms with E-state index in [0.717, 1.165) is 37.5 Å². The fraction of sp³-hybridized carbons (Fsp3) is 0.350. The van der Waals surface area contributed by atoms with Crippen LogP contribution in [0.5, 0.6) is 5.75 Å². The van der Waals surface area contributed by atoms with Gasteiger partial charge in [-0.05, 0) is 50.2 Å². The molecule has 1 aliphatic rings. The molecular formula is C20H24N2O2. The molecule has 24 heavy (non-hydrogen) atoms. The lowest BCUT2D eigenvalue weighted by Crippen LogP contribution is -2.48. The lowest BCUT2D eigenvalue weighted by molar-refractivity contribution is 0.0746. The number of hydrogen-bond acceptors (Lipinski definition) is 3. The summed E-state index contributed by atoms with van der Waals surface area (Å²) < 4.78 is 5.63. The van der Waals surface area contributed by atoms with E-state index in [0.29, 0.717) is 0 Å². The van der Waals surface area contributed by atoms with Gasteiger partial charge in [-0.1, -0.05) is 18.2 Å². The molecule has 0 aliphatic carbocycles. The summed E-state index contributed by atoms with van der Waals surface area (Å²) in [4.78, 5) is 16.9. The van der Waals surface area contributed by atoms with Crippen molar-refractivity contribution in [1.29, 1.82) is 0 Å². The molecule has 0 N–H and O–H groups in total. The highest BCUT2D eigenvalue weighted by molar-refractivity contribution is 5.94. The molecule has 2 aromatic rings. The van der Waals surface area contributed by atoms with Crippen LogP contribution in [0.3, 0.4) is 0 Å². The molecule has 0 aromatic heterocycles. The van der Waals surface area contributed by atoms with Crippen molar-refractivity contribution in [3.63, 3.8) is 0 Å². The molecule has 1 amide bonds. The van der Waals surface area contributed by atoms with Gasteiger partial charge < -0.3 is 14.5 Å². The molecule has 1 saturated heterocycles. The lowest BCUT2D eigenvalue weighted by atomic mass is 10.1. The summed E-state index contributed by atoms with van der Waals surface area (Å²) >= 11 is 0. The smallest absolute Gasteiger partial charge is 0.253 e. The molecule has 1 fully saturated rings. The Bertz CT molecular complexity index is 660. The second-order valence-corrected chi connectivity index (χ2v) is 6.31. The normalized spacial score (nSPS) is 14.8. The Kier molecular flexibility index (Phi) is 5.04. The topological polar surface area (TPSA) is 32.8 Å². The molecule has 4 nitrogen and oxygen atoms in total. The zero-order valence-corrected chi connectivity index (χ0v) is 14.3. The third-order valence-electron chi connectivity index (χ3n) is 4.16. The summed E-state index contributed by atoms with van der Waals surface area (Å²) in [6.45, 7) is 7.21. The van der Waals surface area contributed by atoms with E-state index in [1.807, 2.05) is 61.2 Å². The SMILES string of the molecule is CC(C)Oc1ccc(C(=O)N2CCN(c3ccccc3)CC2)cc1. The first-order valence-electron chi connectivity index (χ1n) is 8.49. The van der Waals surface area contributed by atoms with E-state index in [1.165, 1.54) is 5.69 Å². The third kappa shape index (κ3) is 3.88. The molecule has 0 saturated carbocycles. The summed E-state index contributed by atoms with van der Waals surface area (Å²) in [6, 6.07) is 17.8. The second-order valence-electron chi connectivity index (χ2n) is 6.31. The molecule has 1 heterocycles. The van der Waals surface area contributed by atoms with Gasteiger partial charge in [0.1, 0.15) is 5.75 Å². The van der Waals surface area contributed by atoms with E-state index in [-0.39, 0.29) is 12.0 Å². The van der Waals surface area contributed by atoms with Crippen molar-refractivity contribution in [2.45, 2.75) is 20.0 Å². The molecule has 4 heteroatoms. The molecule has 3 rings (SSSR count). The number of hydrogen-bond donors (Lipinski definition) is 0. The Balaban J connectivity index is 1.59. The first-order chi connectivity index (χ1) is 11.6. The van der Waals surface area contributed by atoms with E-state index in [1.54, 1.807) is 0 Å². The summed E-state index contributed by atoms with van der Waals surface area (Å²) in [7, 11) is 0. The molecule has 0 atom stereocenters. The predicted octanol–water partition coefficient (Wildman–Crippen LogP) is 3.44. The van der Waals surface area contributed by atoms with Gasteiger partial charge in [-0.2, -0.15) is 0 Å². The Hall–Kier alpha value is -2.49. The monoisotopic (exact) mass is 324 g/mol. The average Bonchev–Trinajstić information content (AvgIpc) is 2.62. The van der Waals surface area contributed by atoms with Crippen molar-refractivity contribution >= 4 is 11.6 Å². The first kappa shape index (κ1) is 16.4. The maximum Gasteiger partial charge on any atom is 0.253 e. The van der Waals surface area contributed by atoms with Crippen LogP contribution in [-0.2, 0) is 0 Å². The van der Waals surface area contributed by atoms with Crippen LogP contribution in [0.15, 0.2) is 54.6 Å². The largest absolute Gasteiger partial charge is 0.491 e. The van der Waals surface area contributed by atoms with Gasteiger partial charge in [-0.3, -0.25) is 4.79 Å². The highest BCUT2D eigenvalue weighted by Gasteiger charge is 2.22. The minimum atomic E-state index is 0.0961. The highest BCUT2D eigenvalue weighted by atomic mass is 16.5. The molecule has 1 aliphatic heterocycles. The van der Waals surface area contributed by atoms with Crippen molar-refractivity contribution in [3.8, 4) is 5.75 Å². The number of amides is 1. The number of carbonyl (C=O) groups excluding carboxylic acids is 1. The van der Waals surface area contributed by atoms with Crippen LogP contribution < -0.4 is 9.64 Å². The lowest BCUT2D eigenvalue weighted by Gasteiger charge is -2.36. The van der Waals surface area contributed by atoms with Crippen LogP contribution in [0.1, 0.15) is 24.2 Å². The highest BCUT2D eigenvalue weighted by Crippen LogP contribution is 2.18. The number of anilines is 1. The van der Waals surface area contributed by atoms with E-state index < -0.39 is 0 Å². The number of ether oxygens (including phenoxy) is 1. The average molecular weight is 324 g/mol. The van der Waals surface area contributed by atoms with E-state index in [9.17, 15) is 4.79 Å². The van der Waals surface area contributed by atoms with Crippen molar-refractivity contribution in [1.82, 2.24) is 4.90 Å². The fourth-order valence-corrected chi connectivity index (χ4v) is 2.94. The maximum atomic E-state index is 12.6. The summed E-state index contributed by atoms with van der Waals surface area (Å²) in [5.74, 6) is 0.897. The Morgan fingerprint density at radius 1 is 0.917 bits per heavy atom. The molecule has 0 bridgehead atoms. The molecule has 0 unspecified atom stereocenters. The third-order valence-corrected chi connectivity index (χ3v) is 4.16. The van der Waals surface area contributed by atoms with Crippen LogP contribution in [0.2, 0.25) is 0 Å². The zero-order chi connectivity index (χ0) is 16.9. The number of carbonyl (C=O) groups is 1. The number of rotatable bonds is 4. The Labute approximate surface area is 143 Å². The van der Waals surface area contributed by atoms with Crippen LogP contribution in [-0.4, -0.2) is 43.1 Å². The second kappa shape index (κ2) is 7.39. The van der Waals surface area contributed by atoms with E-state index in [2.05, 4.69) is 17.0 Å². The van der Waals surface area contributed by atoms with Crippen molar-refractivity contribution in [3.05, 3.63) is 60.2 Å². The van der Waals surface area contributed by atoms with Crippen LogP contribution >= 0.6 is 0 Å². The van der Waals surface area contributed by atoms with Gasteiger partial charge in [-0.25, -0.2) is 0 Å². The summed E-state index contributed by atoms with van der Waals surface area (Å²) in [6.07, 6.45) is 0.137. The Morgan fingerprint density at radius 2 is 1.54 bits per heavy atom. The molecule has 2 aromatic carbocycles. The number of para-hydroxylation sites is 1. The number of benzene rings is 2. The van der Waals surface area contributed by atoms with Gasteiger partial charge in [0, 0.05) is 37.4 Å². The quantitative estimate of drug-likeness (QED) is 0.864. The van der Waals surface area contributed by atoms with Gasteiger partial charge in [-0.15, -0.1) is 0 Å². The minimum absolute atomic E-state index is 0.0961. The standard InChI is InChI=1S/C20H24N2O2/c1-16(2)24-19-10-8-17(9-11-19)20(23)22-14-12-21(13-15-22)18-6-4-3-5-7-18/h3-11,16H,12-15H2,1-2H3. The van der Waals surface area contributed by atoms with E-state index in [4.69, 9.17) is 4.74 Å². The van der Waals surface area contributed by atoms with Crippen LogP contribution in [0.25, 0.3) is 0 Å². The zero-order valence-electron chi connectivity index (χ0n) is 14.3. The first-order valence-corrected chi connectivity index (χ1v) is 8.49. The van der Waals surface area contributed by atoms with Crippen LogP contribution in [0, 0.1) is 0 Å². The minimum Gasteiger partial charge on any atom is -0.491 e. The molecule has 0 spiro atoms. The molecule has 126 valence electrons. The number of nitrogens with zero attached hydrogens (tertiary/aromatic N) is 2. The summed E-state index contributed by atoms with van der Waals surface area (Å²) in [5.41, 5.74) is 1.94. The van der Waals surface area contributed by atoms with Gasteiger partial charge >= 0.3 is 0 Å².